The molecule has 2 aromatic heterocycles. The van der Waals surface area contributed by atoms with Crippen molar-refractivity contribution < 1.29 is 9.59 Å². The molecule has 2 amide bonds. The summed E-state index contributed by atoms with van der Waals surface area (Å²) in [4.78, 5) is 29.7. The van der Waals surface area contributed by atoms with Gasteiger partial charge in [0.25, 0.3) is 5.91 Å². The van der Waals surface area contributed by atoms with Crippen LogP contribution in [0.2, 0.25) is 0 Å². The summed E-state index contributed by atoms with van der Waals surface area (Å²) in [7, 11) is 0. The van der Waals surface area contributed by atoms with E-state index < -0.39 is 5.54 Å². The van der Waals surface area contributed by atoms with Gasteiger partial charge >= 0.3 is 0 Å². The minimum atomic E-state index is -0.928. The number of nitrogens with one attached hydrogen (secondary N) is 1. The maximum Gasteiger partial charge on any atom is 0.273 e. The fourth-order valence-corrected chi connectivity index (χ4v) is 5.68. The lowest BCUT2D eigenvalue weighted by Gasteiger charge is -2.45. The van der Waals surface area contributed by atoms with E-state index in [1.807, 2.05) is 40.9 Å². The first kappa shape index (κ1) is 21.8. The third-order valence-electron chi connectivity index (χ3n) is 7.44. The Morgan fingerprint density at radius 1 is 1.15 bits per heavy atom. The molecule has 33 heavy (non-hydrogen) atoms. The van der Waals surface area contributed by atoms with Gasteiger partial charge in [-0.3, -0.25) is 9.59 Å². The third kappa shape index (κ3) is 3.56. The molecule has 1 N–H and O–H groups in total. The van der Waals surface area contributed by atoms with Crippen LogP contribution in [0.3, 0.4) is 0 Å². The molecule has 0 saturated heterocycles. The molecule has 0 bridgehead atoms. The van der Waals surface area contributed by atoms with Crippen LogP contribution in [0, 0.1) is 6.92 Å². The number of aromatic nitrogens is 2. The molecule has 1 aliphatic heterocycles. The van der Waals surface area contributed by atoms with Crippen LogP contribution < -0.4 is 5.32 Å². The number of aryl methyl sites for hydroxylation is 1. The van der Waals surface area contributed by atoms with Gasteiger partial charge in [-0.15, -0.1) is 0 Å². The number of nitrogens with zero attached hydrogens (tertiary/aromatic N) is 3. The molecule has 1 atom stereocenters. The maximum absolute atomic E-state index is 14.1. The number of rotatable bonds is 5. The van der Waals surface area contributed by atoms with E-state index in [-0.39, 0.29) is 17.9 Å². The molecule has 1 saturated carbocycles. The lowest BCUT2D eigenvalue weighted by atomic mass is 9.91. The molecule has 1 aromatic carbocycles. The summed E-state index contributed by atoms with van der Waals surface area (Å²) in [5, 5.41) is 4.35. The molecular formula is C27H34N4O2. The molecule has 1 fully saturated rings. The van der Waals surface area contributed by atoms with Crippen molar-refractivity contribution >= 4 is 22.7 Å². The Morgan fingerprint density at radius 2 is 1.88 bits per heavy atom. The highest BCUT2D eigenvalue weighted by atomic mass is 16.2. The first-order chi connectivity index (χ1) is 15.9. The number of amides is 2. The molecule has 0 radical (unpaired) electrons. The van der Waals surface area contributed by atoms with Crippen LogP contribution in [0.5, 0.6) is 0 Å². The predicted molar refractivity (Wildman–Crippen MR) is 131 cm³/mol. The number of carbonyl (C=O) groups excluding carboxylic acids is 2. The Hall–Kier alpha value is -3.02. The highest BCUT2D eigenvalue weighted by Gasteiger charge is 2.49. The Balaban J connectivity index is 1.65. The minimum absolute atomic E-state index is 0.0293. The highest BCUT2D eigenvalue weighted by Crippen LogP contribution is 2.38. The number of hydrogen-bond donors (Lipinski definition) is 1. The van der Waals surface area contributed by atoms with Crippen LogP contribution >= 0.6 is 0 Å². The second-order valence-corrected chi connectivity index (χ2v) is 9.93. The van der Waals surface area contributed by atoms with Crippen molar-refractivity contribution in [3.8, 4) is 5.69 Å². The Morgan fingerprint density at radius 3 is 2.58 bits per heavy atom. The molecule has 0 spiro atoms. The molecule has 6 heteroatoms. The normalized spacial score (nSPS) is 21.4. The van der Waals surface area contributed by atoms with E-state index in [1.54, 1.807) is 0 Å². The summed E-state index contributed by atoms with van der Waals surface area (Å²) in [5.74, 6) is -0.0970. The summed E-state index contributed by atoms with van der Waals surface area (Å²) in [5.41, 5.74) is 2.79. The molecule has 1 aliphatic carbocycles. The largest absolute Gasteiger partial charge is 0.351 e. The van der Waals surface area contributed by atoms with E-state index in [4.69, 9.17) is 0 Å². The van der Waals surface area contributed by atoms with Crippen molar-refractivity contribution in [3.63, 3.8) is 0 Å². The fraction of sp³-hybridized carbons (Fsp3) is 0.481. The van der Waals surface area contributed by atoms with Crippen molar-refractivity contribution in [1.82, 2.24) is 19.4 Å². The van der Waals surface area contributed by atoms with Crippen molar-refractivity contribution in [1.29, 1.82) is 0 Å². The van der Waals surface area contributed by atoms with Crippen molar-refractivity contribution in [2.24, 2.45) is 0 Å². The molecule has 174 valence electrons. The number of hydrogen-bond acceptors (Lipinski definition) is 2. The molecule has 0 unspecified atom stereocenters. The second kappa shape index (κ2) is 8.40. The highest BCUT2D eigenvalue weighted by molar-refractivity contribution is 6.09. The summed E-state index contributed by atoms with van der Waals surface area (Å²) < 4.78 is 4.11. The van der Waals surface area contributed by atoms with Crippen LogP contribution in [0.15, 0.2) is 42.7 Å². The predicted octanol–water partition coefficient (Wildman–Crippen LogP) is 4.81. The zero-order chi connectivity index (χ0) is 23.2. The SMILES string of the molecule is CCCN1C(=O)c2c(-n3cccc3)c3cc(C)ccc3n2C[C@@]1(C)C(=O)NC1CCCCC1. The average molecular weight is 447 g/mol. The number of benzene rings is 1. The lowest BCUT2D eigenvalue weighted by Crippen LogP contribution is -2.65. The maximum atomic E-state index is 14.1. The van der Waals surface area contributed by atoms with Crippen LogP contribution in [-0.4, -0.2) is 44.0 Å². The number of carbonyl (C=O) groups is 2. The number of fused-ring (bicyclic) bond motifs is 3. The van der Waals surface area contributed by atoms with Gasteiger partial charge in [-0.2, -0.15) is 0 Å². The van der Waals surface area contributed by atoms with Gasteiger partial charge in [-0.25, -0.2) is 0 Å². The zero-order valence-corrected chi connectivity index (χ0v) is 19.9. The third-order valence-corrected chi connectivity index (χ3v) is 7.44. The van der Waals surface area contributed by atoms with Crippen LogP contribution in [0.1, 0.15) is 68.4 Å². The Kier molecular flexibility index (Phi) is 5.55. The Bertz CT molecular complexity index is 1190. The first-order valence-corrected chi connectivity index (χ1v) is 12.3. The molecule has 3 aromatic rings. The van der Waals surface area contributed by atoms with E-state index in [9.17, 15) is 9.59 Å². The summed E-state index contributed by atoms with van der Waals surface area (Å²) in [6.45, 7) is 7.08. The van der Waals surface area contributed by atoms with E-state index in [1.165, 1.54) is 6.42 Å². The van der Waals surface area contributed by atoms with E-state index in [2.05, 4.69) is 41.9 Å². The zero-order valence-electron chi connectivity index (χ0n) is 19.9. The van der Waals surface area contributed by atoms with Gasteiger partial charge in [0, 0.05) is 30.4 Å². The van der Waals surface area contributed by atoms with Crippen molar-refractivity contribution in [3.05, 3.63) is 54.0 Å². The summed E-state index contributed by atoms with van der Waals surface area (Å²) in [6.07, 6.45) is 10.4. The van der Waals surface area contributed by atoms with Gasteiger partial charge in [-0.05, 0) is 57.4 Å². The summed E-state index contributed by atoms with van der Waals surface area (Å²) in [6, 6.07) is 10.5. The molecule has 6 nitrogen and oxygen atoms in total. The van der Waals surface area contributed by atoms with Gasteiger partial charge in [-0.1, -0.05) is 37.8 Å². The summed E-state index contributed by atoms with van der Waals surface area (Å²) >= 11 is 0. The van der Waals surface area contributed by atoms with Gasteiger partial charge in [0.05, 0.1) is 17.7 Å². The van der Waals surface area contributed by atoms with Crippen molar-refractivity contribution in [2.75, 3.05) is 6.54 Å². The quantitative estimate of drug-likeness (QED) is 0.611. The van der Waals surface area contributed by atoms with Gasteiger partial charge in [0.1, 0.15) is 11.2 Å². The lowest BCUT2D eigenvalue weighted by molar-refractivity contribution is -0.133. The van der Waals surface area contributed by atoms with Crippen LogP contribution in [0.25, 0.3) is 16.6 Å². The van der Waals surface area contributed by atoms with Gasteiger partial charge in [0.2, 0.25) is 5.91 Å². The monoisotopic (exact) mass is 446 g/mol. The van der Waals surface area contributed by atoms with E-state index in [0.717, 1.165) is 54.3 Å². The topological polar surface area (TPSA) is 59.3 Å². The van der Waals surface area contributed by atoms with Gasteiger partial charge < -0.3 is 19.4 Å². The Labute approximate surface area is 195 Å². The smallest absolute Gasteiger partial charge is 0.273 e. The van der Waals surface area contributed by atoms with Crippen LogP contribution in [-0.2, 0) is 11.3 Å². The minimum Gasteiger partial charge on any atom is -0.351 e. The molecule has 3 heterocycles. The molecular weight excluding hydrogens is 412 g/mol. The van der Waals surface area contributed by atoms with Gasteiger partial charge in [0.15, 0.2) is 0 Å². The second-order valence-electron chi connectivity index (χ2n) is 9.93. The average Bonchev–Trinajstić information content (AvgIpc) is 3.43. The molecule has 2 aliphatic rings. The standard InChI is InChI=1S/C27H34N4O2/c1-4-14-31-25(32)24-23(29-15-8-9-16-29)21-17-19(2)12-13-22(21)30(24)18-27(31,3)26(33)28-20-10-6-5-7-11-20/h8-9,12-13,15-17,20H,4-7,10-11,14,18H2,1-3H3,(H,28,33)/t27-/m0/s1. The van der Waals surface area contributed by atoms with Crippen LogP contribution in [0.4, 0.5) is 0 Å². The van der Waals surface area contributed by atoms with E-state index >= 15 is 0 Å². The van der Waals surface area contributed by atoms with Crippen molar-refractivity contribution in [2.45, 2.75) is 77.4 Å². The fourth-order valence-electron chi connectivity index (χ4n) is 5.68. The van der Waals surface area contributed by atoms with E-state index in [0.29, 0.717) is 18.8 Å². The first-order valence-electron chi connectivity index (χ1n) is 12.3. The molecule has 5 rings (SSSR count).